The van der Waals surface area contributed by atoms with E-state index in [0.29, 0.717) is 50.0 Å². The van der Waals surface area contributed by atoms with Crippen molar-refractivity contribution in [3.05, 3.63) is 53.6 Å². The van der Waals surface area contributed by atoms with Crippen molar-refractivity contribution in [1.29, 1.82) is 5.26 Å². The van der Waals surface area contributed by atoms with Crippen LogP contribution in [0.5, 0.6) is 0 Å². The van der Waals surface area contributed by atoms with Gasteiger partial charge in [0.05, 0.1) is 42.1 Å². The molecule has 6 rings (SSSR count). The van der Waals surface area contributed by atoms with Crippen molar-refractivity contribution in [1.82, 2.24) is 15.1 Å². The van der Waals surface area contributed by atoms with Crippen LogP contribution in [0.4, 0.5) is 39.0 Å². The maximum Gasteiger partial charge on any atom is 0.417 e. The maximum absolute atomic E-state index is 15.3. The number of carbonyl (C=O) groups is 4. The minimum Gasteiger partial charge on any atom is -0.378 e. The number of likely N-dealkylation sites (tertiary alicyclic amines) is 1. The monoisotopic (exact) mass is 817 g/mol. The summed E-state index contributed by atoms with van der Waals surface area (Å²) in [7, 11) is 0. The summed E-state index contributed by atoms with van der Waals surface area (Å²) in [5.74, 6) is -5.67. The number of amides is 4. The van der Waals surface area contributed by atoms with Crippen LogP contribution < -0.4 is 20.9 Å². The van der Waals surface area contributed by atoms with Crippen LogP contribution in [0.1, 0.15) is 76.3 Å². The lowest BCUT2D eigenvalue weighted by atomic mass is 9.88. The van der Waals surface area contributed by atoms with Gasteiger partial charge in [0.1, 0.15) is 11.6 Å². The Morgan fingerprint density at radius 1 is 1.04 bits per heavy atom. The van der Waals surface area contributed by atoms with Crippen LogP contribution in [0.15, 0.2) is 42.5 Å². The quantitative estimate of drug-likeness (QED) is 0.144. The Morgan fingerprint density at radius 2 is 1.75 bits per heavy atom. The van der Waals surface area contributed by atoms with E-state index in [2.05, 4.69) is 16.0 Å². The largest absolute Gasteiger partial charge is 0.417 e. The number of benzene rings is 2. The highest BCUT2D eigenvalue weighted by atomic mass is 32.1. The molecule has 3 saturated heterocycles. The van der Waals surface area contributed by atoms with Crippen molar-refractivity contribution in [3.8, 4) is 6.07 Å². The van der Waals surface area contributed by atoms with Crippen LogP contribution in [0.25, 0.3) is 0 Å². The van der Waals surface area contributed by atoms with E-state index >= 15 is 8.78 Å². The summed E-state index contributed by atoms with van der Waals surface area (Å²) in [6, 6.07) is 10.5. The van der Waals surface area contributed by atoms with E-state index in [4.69, 9.17) is 17.0 Å². The van der Waals surface area contributed by atoms with Crippen molar-refractivity contribution in [2.45, 2.75) is 101 Å². The van der Waals surface area contributed by atoms with Crippen LogP contribution >= 0.6 is 12.2 Å². The standard InChI is InChI=1S/C39H44F5N7O5S/c1-37(2)35(55)50(28-7-6-23(20-45)30(19-28)39(42,43)44)36(57)51(37)27-8-10-29(11-9-27)56-17-15-24-14-16-49(22-38(24,40)41)21-33(53)47-26-5-3-4-25(18-26)46-31-12-13-32(52)48-34(31)54/h3-7,18-19,24,27,29,31,46H,8-17,21-22H2,1-2H3,(H,47,53)(H,48,52,54)/t24?,27-,29-,31?. The third-order valence-corrected chi connectivity index (χ3v) is 11.5. The normalized spacial score (nSPS) is 25.2. The van der Waals surface area contributed by atoms with Crippen LogP contribution in [-0.2, 0) is 30.1 Å². The number of nitrogens with zero attached hydrogens (tertiary/aromatic N) is 4. The molecule has 2 aromatic carbocycles. The highest BCUT2D eigenvalue weighted by molar-refractivity contribution is 7.80. The number of anilines is 3. The number of imide groups is 1. The number of nitrogens with one attached hydrogen (secondary N) is 3. The van der Waals surface area contributed by atoms with Gasteiger partial charge in [-0.15, -0.1) is 0 Å². The summed E-state index contributed by atoms with van der Waals surface area (Å²) in [5, 5.41) is 17.3. The summed E-state index contributed by atoms with van der Waals surface area (Å²) >= 11 is 5.67. The lowest BCUT2D eigenvalue weighted by Gasteiger charge is -2.41. The Labute approximate surface area is 332 Å². The summed E-state index contributed by atoms with van der Waals surface area (Å²) < 4.78 is 77.8. The second-order valence-electron chi connectivity index (χ2n) is 15.5. The fourth-order valence-electron chi connectivity index (χ4n) is 8.17. The number of hydrogen-bond acceptors (Lipinski definition) is 9. The smallest absolute Gasteiger partial charge is 0.378 e. The van der Waals surface area contributed by atoms with Gasteiger partial charge in [0.2, 0.25) is 17.7 Å². The molecule has 0 bridgehead atoms. The Morgan fingerprint density at radius 3 is 2.42 bits per heavy atom. The number of halogens is 5. The first-order valence-electron chi connectivity index (χ1n) is 18.9. The number of rotatable bonds is 11. The fraction of sp³-hybridized carbons (Fsp3) is 0.538. The molecule has 1 aliphatic carbocycles. The van der Waals surface area contributed by atoms with Crippen LogP contribution in [0.3, 0.4) is 0 Å². The zero-order valence-electron chi connectivity index (χ0n) is 31.5. The number of nitriles is 1. The number of hydrogen-bond donors (Lipinski definition) is 3. The predicted molar refractivity (Wildman–Crippen MR) is 203 cm³/mol. The van der Waals surface area contributed by atoms with Gasteiger partial charge in [0.15, 0.2) is 5.11 Å². The Bertz CT molecular complexity index is 1950. The molecule has 4 fully saturated rings. The molecule has 0 spiro atoms. The molecule has 0 radical (unpaired) electrons. The molecule has 57 heavy (non-hydrogen) atoms. The summed E-state index contributed by atoms with van der Waals surface area (Å²) in [6.45, 7) is 2.96. The van der Waals surface area contributed by atoms with Gasteiger partial charge in [-0.2, -0.15) is 18.4 Å². The lowest BCUT2D eigenvalue weighted by Crippen LogP contribution is -2.51. The van der Waals surface area contributed by atoms with Gasteiger partial charge in [-0.25, -0.2) is 8.78 Å². The van der Waals surface area contributed by atoms with Gasteiger partial charge in [0, 0.05) is 36.4 Å². The van der Waals surface area contributed by atoms with E-state index in [0.717, 1.165) is 17.0 Å². The maximum atomic E-state index is 15.3. The van der Waals surface area contributed by atoms with Crippen molar-refractivity contribution in [2.75, 3.05) is 41.8 Å². The third-order valence-electron chi connectivity index (χ3n) is 11.2. The first kappa shape index (κ1) is 41.9. The van der Waals surface area contributed by atoms with E-state index in [1.165, 1.54) is 11.0 Å². The lowest BCUT2D eigenvalue weighted by molar-refractivity contribution is -0.138. The zero-order valence-corrected chi connectivity index (χ0v) is 32.3. The molecule has 3 N–H and O–H groups in total. The van der Waals surface area contributed by atoms with Crippen LogP contribution in [0, 0.1) is 17.2 Å². The minimum absolute atomic E-state index is 0.0707. The molecule has 18 heteroatoms. The molecule has 2 atom stereocenters. The van der Waals surface area contributed by atoms with Gasteiger partial charge in [-0.1, -0.05) is 6.07 Å². The molecule has 3 heterocycles. The van der Waals surface area contributed by atoms with E-state index in [1.54, 1.807) is 49.1 Å². The average molecular weight is 818 g/mol. The summed E-state index contributed by atoms with van der Waals surface area (Å²) in [5.41, 5.74) is -1.94. The SMILES string of the molecule is CC1(C)C(=O)N(c2ccc(C#N)c(C(F)(F)F)c2)C(=S)N1[C@H]1CC[C@H](OCCC2CCN(CC(=O)Nc3cccc(NC4CCC(=O)NC4=O)c3)CC2(F)F)CC1. The highest BCUT2D eigenvalue weighted by Gasteiger charge is 2.53. The summed E-state index contributed by atoms with van der Waals surface area (Å²) in [6.07, 6.45) is -1.87. The van der Waals surface area contributed by atoms with E-state index in [-0.39, 0.29) is 61.3 Å². The second-order valence-corrected chi connectivity index (χ2v) is 15.9. The van der Waals surface area contributed by atoms with E-state index < -0.39 is 65.0 Å². The van der Waals surface area contributed by atoms with Crippen molar-refractivity contribution >= 4 is 58.0 Å². The minimum atomic E-state index is -4.80. The first-order valence-corrected chi connectivity index (χ1v) is 19.3. The van der Waals surface area contributed by atoms with Crippen molar-refractivity contribution in [3.63, 3.8) is 0 Å². The predicted octanol–water partition coefficient (Wildman–Crippen LogP) is 5.82. The third kappa shape index (κ3) is 9.37. The van der Waals surface area contributed by atoms with Gasteiger partial charge >= 0.3 is 6.18 Å². The second kappa shape index (κ2) is 16.6. The number of ether oxygens (including phenoxy) is 1. The molecule has 0 aromatic heterocycles. The molecule has 2 aromatic rings. The fourth-order valence-corrected chi connectivity index (χ4v) is 8.74. The molecular weight excluding hydrogens is 774 g/mol. The Hall–Kier alpha value is -4.73. The molecule has 1 saturated carbocycles. The van der Waals surface area contributed by atoms with Gasteiger partial charge in [-0.05, 0) is 114 Å². The van der Waals surface area contributed by atoms with E-state index in [9.17, 15) is 37.6 Å². The number of carbonyl (C=O) groups excluding carboxylic acids is 4. The molecule has 3 aliphatic heterocycles. The van der Waals surface area contributed by atoms with Crippen LogP contribution in [-0.4, -0.2) is 94.4 Å². The molecule has 4 amide bonds. The number of piperidine rings is 2. The molecule has 12 nitrogen and oxygen atoms in total. The number of alkyl halides is 5. The van der Waals surface area contributed by atoms with Crippen molar-refractivity contribution in [2.24, 2.45) is 5.92 Å². The average Bonchev–Trinajstić information content (AvgIpc) is 3.31. The first-order chi connectivity index (χ1) is 26.9. The zero-order chi connectivity index (χ0) is 41.3. The van der Waals surface area contributed by atoms with Crippen molar-refractivity contribution < 1.29 is 45.9 Å². The van der Waals surface area contributed by atoms with Crippen LogP contribution in [0.2, 0.25) is 0 Å². The molecule has 306 valence electrons. The van der Waals surface area contributed by atoms with Gasteiger partial charge in [0.25, 0.3) is 11.8 Å². The Kier molecular flexibility index (Phi) is 12.2. The number of thiocarbonyl (C=S) groups is 1. The summed E-state index contributed by atoms with van der Waals surface area (Å²) in [4.78, 5) is 54.2. The van der Waals surface area contributed by atoms with Gasteiger partial charge < -0.3 is 20.3 Å². The molecular formula is C39H44F5N7O5S. The molecule has 2 unspecified atom stereocenters. The van der Waals surface area contributed by atoms with Gasteiger partial charge in [-0.3, -0.25) is 34.3 Å². The van der Waals surface area contributed by atoms with E-state index in [1.807, 2.05) is 0 Å². The Balaban J connectivity index is 0.945. The highest BCUT2D eigenvalue weighted by Crippen LogP contribution is 2.41. The molecule has 4 aliphatic rings. The topological polar surface area (TPSA) is 147 Å².